The standard InChI is InChI=1S/C18H28N2O3/c1-13(2)10-15(20-8-6-19-7-9-20)14-11-16(21-3)18(23-5)17(12-14)22-4/h11-12,15,19H,1,6-10H2,2-5H3/t15-/m1/s1. The molecule has 0 spiro atoms. The van der Waals surface area contributed by atoms with Crippen molar-refractivity contribution in [1.82, 2.24) is 10.2 Å². The van der Waals surface area contributed by atoms with Gasteiger partial charge in [-0.15, -0.1) is 6.58 Å². The molecule has 1 aliphatic heterocycles. The summed E-state index contributed by atoms with van der Waals surface area (Å²) in [4.78, 5) is 2.49. The normalized spacial score (nSPS) is 16.7. The van der Waals surface area contributed by atoms with Crippen LogP contribution in [0.15, 0.2) is 24.3 Å². The lowest BCUT2D eigenvalue weighted by Gasteiger charge is -2.35. The van der Waals surface area contributed by atoms with Crippen molar-refractivity contribution < 1.29 is 14.2 Å². The van der Waals surface area contributed by atoms with Crippen LogP contribution in [0.1, 0.15) is 24.9 Å². The maximum atomic E-state index is 5.50. The number of methoxy groups -OCH3 is 3. The Labute approximate surface area is 139 Å². The second-order valence-electron chi connectivity index (χ2n) is 5.92. The number of nitrogens with one attached hydrogen (secondary N) is 1. The van der Waals surface area contributed by atoms with Crippen molar-refractivity contribution in [3.05, 3.63) is 29.8 Å². The molecule has 5 nitrogen and oxygen atoms in total. The second-order valence-corrected chi connectivity index (χ2v) is 5.92. The van der Waals surface area contributed by atoms with E-state index >= 15 is 0 Å². The average Bonchev–Trinajstić information content (AvgIpc) is 2.58. The van der Waals surface area contributed by atoms with E-state index in [1.165, 1.54) is 11.1 Å². The Morgan fingerprint density at radius 2 is 1.70 bits per heavy atom. The molecule has 128 valence electrons. The largest absolute Gasteiger partial charge is 0.493 e. The van der Waals surface area contributed by atoms with Gasteiger partial charge in [-0.1, -0.05) is 5.57 Å². The van der Waals surface area contributed by atoms with Crippen LogP contribution < -0.4 is 19.5 Å². The molecule has 2 rings (SSSR count). The number of ether oxygens (including phenoxy) is 3. The fourth-order valence-corrected chi connectivity index (χ4v) is 3.08. The van der Waals surface area contributed by atoms with Crippen molar-refractivity contribution in [2.24, 2.45) is 0 Å². The number of nitrogens with zero attached hydrogens (tertiary/aromatic N) is 1. The van der Waals surface area contributed by atoms with Crippen molar-refractivity contribution in [1.29, 1.82) is 0 Å². The molecule has 1 fully saturated rings. The molecule has 5 heteroatoms. The molecule has 1 aromatic rings. The summed E-state index contributed by atoms with van der Waals surface area (Å²) >= 11 is 0. The second kappa shape index (κ2) is 8.22. The van der Waals surface area contributed by atoms with E-state index < -0.39 is 0 Å². The zero-order valence-corrected chi connectivity index (χ0v) is 14.6. The summed E-state index contributed by atoms with van der Waals surface area (Å²) in [6.07, 6.45) is 0.915. The molecule has 0 saturated carbocycles. The summed E-state index contributed by atoms with van der Waals surface area (Å²) in [6.45, 7) is 10.2. The summed E-state index contributed by atoms with van der Waals surface area (Å²) in [5.41, 5.74) is 2.34. The highest BCUT2D eigenvalue weighted by Gasteiger charge is 2.25. The highest BCUT2D eigenvalue weighted by Crippen LogP contribution is 2.41. The van der Waals surface area contributed by atoms with Crippen LogP contribution in [0.5, 0.6) is 17.2 Å². The fourth-order valence-electron chi connectivity index (χ4n) is 3.08. The van der Waals surface area contributed by atoms with Crippen LogP contribution in [-0.4, -0.2) is 52.4 Å². The molecule has 0 aromatic heterocycles. The first-order valence-electron chi connectivity index (χ1n) is 7.99. The van der Waals surface area contributed by atoms with Crippen LogP contribution >= 0.6 is 0 Å². The third kappa shape index (κ3) is 4.18. The molecule has 0 unspecified atom stereocenters. The lowest BCUT2D eigenvalue weighted by Crippen LogP contribution is -2.45. The van der Waals surface area contributed by atoms with Crippen LogP contribution in [0.3, 0.4) is 0 Å². The fraction of sp³-hybridized carbons (Fsp3) is 0.556. The molecule has 0 radical (unpaired) electrons. The number of hydrogen-bond donors (Lipinski definition) is 1. The number of hydrogen-bond acceptors (Lipinski definition) is 5. The van der Waals surface area contributed by atoms with E-state index in [2.05, 4.69) is 35.9 Å². The highest BCUT2D eigenvalue weighted by atomic mass is 16.5. The van der Waals surface area contributed by atoms with Crippen molar-refractivity contribution in [3.8, 4) is 17.2 Å². The van der Waals surface area contributed by atoms with Gasteiger partial charge in [0.1, 0.15) is 0 Å². The maximum Gasteiger partial charge on any atom is 0.203 e. The smallest absolute Gasteiger partial charge is 0.203 e. The van der Waals surface area contributed by atoms with Gasteiger partial charge < -0.3 is 19.5 Å². The van der Waals surface area contributed by atoms with E-state index in [0.29, 0.717) is 17.2 Å². The van der Waals surface area contributed by atoms with Gasteiger partial charge in [-0.3, -0.25) is 4.90 Å². The SMILES string of the molecule is C=C(C)C[C@H](c1cc(OC)c(OC)c(OC)c1)N1CCNCC1. The lowest BCUT2D eigenvalue weighted by molar-refractivity contribution is 0.171. The summed E-state index contributed by atoms with van der Waals surface area (Å²) in [5, 5.41) is 3.40. The van der Waals surface area contributed by atoms with Gasteiger partial charge in [-0.2, -0.15) is 0 Å². The minimum Gasteiger partial charge on any atom is -0.493 e. The van der Waals surface area contributed by atoms with E-state index in [-0.39, 0.29) is 6.04 Å². The quantitative estimate of drug-likeness (QED) is 0.782. The Kier molecular flexibility index (Phi) is 6.30. The lowest BCUT2D eigenvalue weighted by atomic mass is 9.97. The molecule has 1 atom stereocenters. The summed E-state index contributed by atoms with van der Waals surface area (Å²) in [7, 11) is 4.93. The molecule has 1 aromatic carbocycles. The van der Waals surface area contributed by atoms with E-state index in [1.54, 1.807) is 21.3 Å². The Hall–Kier alpha value is -1.72. The summed E-state index contributed by atoms with van der Waals surface area (Å²) < 4.78 is 16.4. The Morgan fingerprint density at radius 3 is 2.13 bits per heavy atom. The van der Waals surface area contributed by atoms with Crippen molar-refractivity contribution in [2.75, 3.05) is 47.5 Å². The van der Waals surface area contributed by atoms with Crippen molar-refractivity contribution in [2.45, 2.75) is 19.4 Å². The molecular weight excluding hydrogens is 292 g/mol. The predicted octanol–water partition coefficient (Wildman–Crippen LogP) is 2.62. The van der Waals surface area contributed by atoms with Gasteiger partial charge >= 0.3 is 0 Å². The molecule has 0 aliphatic carbocycles. The Balaban J connectivity index is 2.42. The number of benzene rings is 1. The van der Waals surface area contributed by atoms with Crippen LogP contribution in [0, 0.1) is 0 Å². The van der Waals surface area contributed by atoms with Gasteiger partial charge in [0.15, 0.2) is 11.5 Å². The van der Waals surface area contributed by atoms with Gasteiger partial charge in [0.05, 0.1) is 21.3 Å². The molecule has 1 heterocycles. The molecular formula is C18H28N2O3. The molecule has 1 N–H and O–H groups in total. The van der Waals surface area contributed by atoms with E-state index in [4.69, 9.17) is 14.2 Å². The van der Waals surface area contributed by atoms with Gasteiger partial charge in [-0.05, 0) is 31.0 Å². The van der Waals surface area contributed by atoms with Crippen LogP contribution in [0.4, 0.5) is 0 Å². The van der Waals surface area contributed by atoms with E-state index in [9.17, 15) is 0 Å². The monoisotopic (exact) mass is 320 g/mol. The van der Waals surface area contributed by atoms with Crippen molar-refractivity contribution >= 4 is 0 Å². The summed E-state index contributed by atoms with van der Waals surface area (Å²) in [5.74, 6) is 2.03. The minimum atomic E-state index is 0.267. The third-order valence-corrected chi connectivity index (χ3v) is 4.21. The first kappa shape index (κ1) is 17.6. The predicted molar refractivity (Wildman–Crippen MR) is 92.7 cm³/mol. The Morgan fingerprint density at radius 1 is 1.13 bits per heavy atom. The van der Waals surface area contributed by atoms with Gasteiger partial charge in [0, 0.05) is 32.2 Å². The van der Waals surface area contributed by atoms with Gasteiger partial charge in [0.2, 0.25) is 5.75 Å². The topological polar surface area (TPSA) is 43.0 Å². The highest BCUT2D eigenvalue weighted by molar-refractivity contribution is 5.54. The maximum absolute atomic E-state index is 5.50. The van der Waals surface area contributed by atoms with Gasteiger partial charge in [0.25, 0.3) is 0 Å². The number of piperazine rings is 1. The zero-order valence-electron chi connectivity index (χ0n) is 14.6. The molecule has 0 amide bonds. The first-order valence-corrected chi connectivity index (χ1v) is 7.99. The Bertz CT molecular complexity index is 514. The molecule has 1 aliphatic rings. The van der Waals surface area contributed by atoms with Crippen LogP contribution in [0.2, 0.25) is 0 Å². The van der Waals surface area contributed by atoms with Crippen LogP contribution in [0.25, 0.3) is 0 Å². The van der Waals surface area contributed by atoms with Crippen molar-refractivity contribution in [3.63, 3.8) is 0 Å². The average molecular weight is 320 g/mol. The summed E-state index contributed by atoms with van der Waals surface area (Å²) in [6, 6.07) is 4.37. The first-order chi connectivity index (χ1) is 11.1. The van der Waals surface area contributed by atoms with Crippen LogP contribution in [-0.2, 0) is 0 Å². The zero-order chi connectivity index (χ0) is 16.8. The van der Waals surface area contributed by atoms with E-state index in [1.807, 2.05) is 0 Å². The third-order valence-electron chi connectivity index (χ3n) is 4.21. The van der Waals surface area contributed by atoms with E-state index in [0.717, 1.165) is 32.6 Å². The van der Waals surface area contributed by atoms with Gasteiger partial charge in [-0.25, -0.2) is 0 Å². The molecule has 0 bridgehead atoms. The molecule has 23 heavy (non-hydrogen) atoms. The minimum absolute atomic E-state index is 0.267. The molecule has 1 saturated heterocycles. The number of rotatable bonds is 7.